The second-order valence-corrected chi connectivity index (χ2v) is 8.92. The summed E-state index contributed by atoms with van der Waals surface area (Å²) in [6.45, 7) is 3.54. The number of nitrogens with zero attached hydrogens (tertiary/aromatic N) is 3. The third-order valence-corrected chi connectivity index (χ3v) is 6.54. The van der Waals surface area contributed by atoms with Crippen molar-refractivity contribution < 1.29 is 14.2 Å². The van der Waals surface area contributed by atoms with Crippen LogP contribution in [-0.2, 0) is 4.79 Å². The molecule has 1 aliphatic heterocycles. The molecule has 0 saturated heterocycles. The van der Waals surface area contributed by atoms with Gasteiger partial charge in [-0.1, -0.05) is 55.1 Å². The highest BCUT2D eigenvalue weighted by molar-refractivity contribution is 7.99. The van der Waals surface area contributed by atoms with E-state index in [1.807, 2.05) is 67.6 Å². The summed E-state index contributed by atoms with van der Waals surface area (Å²) in [6, 6.07) is 19.2. The number of hydrogen-bond donors (Lipinski definition) is 1. The highest BCUT2D eigenvalue weighted by atomic mass is 32.2. The Hall–Kier alpha value is -3.65. The number of aromatic nitrogens is 3. The van der Waals surface area contributed by atoms with Gasteiger partial charge < -0.3 is 4.74 Å². The summed E-state index contributed by atoms with van der Waals surface area (Å²) in [4.78, 5) is 31.0. The van der Waals surface area contributed by atoms with Crippen molar-refractivity contribution in [3.05, 3.63) is 76.6 Å². The van der Waals surface area contributed by atoms with Crippen molar-refractivity contribution in [2.75, 3.05) is 17.8 Å². The number of H-pyrrole nitrogens is 1. The number of thioether (sulfide) groups is 1. The van der Waals surface area contributed by atoms with Crippen LogP contribution in [-0.4, -0.2) is 28.9 Å². The van der Waals surface area contributed by atoms with Crippen LogP contribution >= 0.6 is 11.8 Å². The zero-order chi connectivity index (χ0) is 23.1. The Bertz CT molecular complexity index is 1450. The summed E-state index contributed by atoms with van der Waals surface area (Å²) in [6.07, 6.45) is -0.637. The predicted molar refractivity (Wildman–Crippen MR) is 129 cm³/mol. The number of benzene rings is 3. The minimum Gasteiger partial charge on any atom is -0.496 e. The number of nitrogens with one attached hydrogen (secondary N) is 1. The van der Waals surface area contributed by atoms with Crippen LogP contribution in [0, 0.1) is 0 Å². The number of aromatic amines is 1. The smallest absolute Gasteiger partial charge is 0.325 e. The van der Waals surface area contributed by atoms with E-state index in [9.17, 15) is 9.59 Å². The second-order valence-electron chi connectivity index (χ2n) is 7.67. The molecule has 0 spiro atoms. The van der Waals surface area contributed by atoms with Gasteiger partial charge in [0, 0.05) is 17.4 Å². The van der Waals surface area contributed by atoms with Gasteiger partial charge in [0.2, 0.25) is 11.1 Å². The fraction of sp³-hybridized carbons (Fsp3) is 0.200. The number of carbonyl (C=O) groups is 1. The maximum atomic E-state index is 13.3. The van der Waals surface area contributed by atoms with Crippen LogP contribution in [0.2, 0.25) is 0 Å². The molecule has 1 N–H and O–H groups in total. The van der Waals surface area contributed by atoms with Crippen LogP contribution in [0.3, 0.4) is 0 Å². The molecule has 0 bridgehead atoms. The predicted octanol–water partition coefficient (Wildman–Crippen LogP) is 3.91. The van der Waals surface area contributed by atoms with Crippen molar-refractivity contribution in [2.24, 2.45) is 0 Å². The third-order valence-electron chi connectivity index (χ3n) is 5.79. The molecule has 1 aliphatic rings. The number of para-hydroxylation sites is 1. The normalized spacial score (nSPS) is 14.6. The van der Waals surface area contributed by atoms with Crippen LogP contribution in [0.15, 0.2) is 70.6 Å². The molecule has 0 saturated carbocycles. The van der Waals surface area contributed by atoms with Gasteiger partial charge in [-0.05, 0) is 40.1 Å². The fourth-order valence-electron chi connectivity index (χ4n) is 4.49. The molecule has 166 valence electrons. The number of hydrogen-bond acceptors (Lipinski definition) is 5. The quantitative estimate of drug-likeness (QED) is 0.370. The number of fused-ring (bicyclic) bond motifs is 4. The largest absolute Gasteiger partial charge is 0.496 e. The summed E-state index contributed by atoms with van der Waals surface area (Å²) in [7, 11) is 1.64. The average molecular weight is 460 g/mol. The molecule has 2 heterocycles. The van der Waals surface area contributed by atoms with Gasteiger partial charge in [-0.15, -0.1) is 0 Å². The maximum absolute atomic E-state index is 13.3. The number of amides is 1. The van der Waals surface area contributed by atoms with E-state index in [0.29, 0.717) is 22.1 Å². The Kier molecular flexibility index (Phi) is 5.38. The SMILES string of the molecule is CCSc1n[n+]2c(c(=O)[nH]1)-c1ccccc1N(C(C)=O)[C@H]2c1ccc(OC)c2ccccc12. The second kappa shape index (κ2) is 8.37. The lowest BCUT2D eigenvalue weighted by molar-refractivity contribution is -0.762. The molecule has 0 fully saturated rings. The van der Waals surface area contributed by atoms with Crippen LogP contribution in [0.5, 0.6) is 5.75 Å². The van der Waals surface area contributed by atoms with E-state index in [1.54, 1.807) is 16.7 Å². The van der Waals surface area contributed by atoms with Gasteiger partial charge in [0.15, 0.2) is 0 Å². The highest BCUT2D eigenvalue weighted by Gasteiger charge is 2.45. The molecule has 0 aliphatic carbocycles. The van der Waals surface area contributed by atoms with E-state index in [0.717, 1.165) is 27.8 Å². The van der Waals surface area contributed by atoms with Gasteiger partial charge >= 0.3 is 11.3 Å². The average Bonchev–Trinajstić information content (AvgIpc) is 2.82. The molecule has 1 aromatic heterocycles. The lowest BCUT2D eigenvalue weighted by Crippen LogP contribution is -2.60. The first-order chi connectivity index (χ1) is 16.0. The Balaban J connectivity index is 1.89. The summed E-state index contributed by atoms with van der Waals surface area (Å²) in [5.74, 6) is 1.36. The number of anilines is 1. The van der Waals surface area contributed by atoms with Crippen molar-refractivity contribution in [1.82, 2.24) is 10.1 Å². The number of ether oxygens (including phenoxy) is 1. The number of carbonyl (C=O) groups excluding carboxylic acids is 1. The molecule has 5 rings (SSSR count). The monoisotopic (exact) mass is 459 g/mol. The van der Waals surface area contributed by atoms with Crippen molar-refractivity contribution in [1.29, 1.82) is 0 Å². The van der Waals surface area contributed by atoms with Crippen LogP contribution in [0.25, 0.3) is 22.0 Å². The number of rotatable bonds is 4. The van der Waals surface area contributed by atoms with E-state index in [2.05, 4.69) is 4.98 Å². The van der Waals surface area contributed by atoms with E-state index >= 15 is 0 Å². The zero-order valence-corrected chi connectivity index (χ0v) is 19.3. The van der Waals surface area contributed by atoms with Gasteiger partial charge in [0.05, 0.1) is 23.9 Å². The first kappa shape index (κ1) is 21.2. The minimum atomic E-state index is -0.637. The summed E-state index contributed by atoms with van der Waals surface area (Å²) >= 11 is 1.45. The lowest BCUT2D eigenvalue weighted by Gasteiger charge is -2.32. The summed E-state index contributed by atoms with van der Waals surface area (Å²) in [5, 5.41) is 7.17. The Labute approximate surface area is 195 Å². The summed E-state index contributed by atoms with van der Waals surface area (Å²) < 4.78 is 7.27. The van der Waals surface area contributed by atoms with Gasteiger partial charge in [0.1, 0.15) is 5.75 Å². The first-order valence-corrected chi connectivity index (χ1v) is 11.7. The summed E-state index contributed by atoms with van der Waals surface area (Å²) in [5.41, 5.74) is 2.39. The molecule has 33 heavy (non-hydrogen) atoms. The van der Waals surface area contributed by atoms with Gasteiger partial charge in [-0.2, -0.15) is 0 Å². The van der Waals surface area contributed by atoms with Gasteiger partial charge in [-0.3, -0.25) is 14.6 Å². The molecule has 0 unspecified atom stereocenters. The van der Waals surface area contributed by atoms with Crippen LogP contribution in [0.4, 0.5) is 5.69 Å². The molecule has 0 radical (unpaired) electrons. The van der Waals surface area contributed by atoms with Gasteiger partial charge in [0.25, 0.3) is 6.17 Å². The zero-order valence-electron chi connectivity index (χ0n) is 18.5. The lowest BCUT2D eigenvalue weighted by atomic mass is 9.97. The van der Waals surface area contributed by atoms with E-state index in [1.165, 1.54) is 18.7 Å². The molecule has 3 aromatic carbocycles. The first-order valence-electron chi connectivity index (χ1n) is 10.7. The maximum Gasteiger partial charge on any atom is 0.325 e. The van der Waals surface area contributed by atoms with E-state index in [4.69, 9.17) is 9.84 Å². The molecular formula is C25H23N4O3S+. The standard InChI is InChI=1S/C25H22N4O3S/c1-4-33-25-26-23(31)22-19-11-7-8-12-20(19)28(15(2)30)24(29(22)27-25)18-13-14-21(32-3)17-10-6-5-9-16(17)18/h5-14,24H,4H2,1-3H3/p+1/t24-/m1/s1. The van der Waals surface area contributed by atoms with Crippen molar-refractivity contribution >= 4 is 34.1 Å². The Morgan fingerprint density at radius 3 is 2.58 bits per heavy atom. The molecule has 4 aromatic rings. The Morgan fingerprint density at radius 2 is 1.85 bits per heavy atom. The minimum absolute atomic E-state index is 0.141. The molecule has 7 nitrogen and oxygen atoms in total. The van der Waals surface area contributed by atoms with Gasteiger partial charge in [-0.25, -0.2) is 4.90 Å². The van der Waals surface area contributed by atoms with Crippen LogP contribution < -0.4 is 19.9 Å². The molecule has 1 amide bonds. The third kappa shape index (κ3) is 3.38. The van der Waals surface area contributed by atoms with Crippen LogP contribution in [0.1, 0.15) is 25.6 Å². The van der Waals surface area contributed by atoms with E-state index < -0.39 is 6.17 Å². The Morgan fingerprint density at radius 1 is 1.12 bits per heavy atom. The molecule has 8 heteroatoms. The van der Waals surface area contributed by atoms with Crippen molar-refractivity contribution in [3.63, 3.8) is 0 Å². The highest BCUT2D eigenvalue weighted by Crippen LogP contribution is 2.40. The topological polar surface area (TPSA) is 79.2 Å². The van der Waals surface area contributed by atoms with Crippen molar-refractivity contribution in [3.8, 4) is 17.0 Å². The number of methoxy groups -OCH3 is 1. The molecular weight excluding hydrogens is 436 g/mol. The van der Waals surface area contributed by atoms with E-state index in [-0.39, 0.29) is 11.5 Å². The molecule has 1 atom stereocenters. The fourth-order valence-corrected chi connectivity index (χ4v) is 5.08. The van der Waals surface area contributed by atoms with Crippen molar-refractivity contribution in [2.45, 2.75) is 25.2 Å².